The van der Waals surface area contributed by atoms with Gasteiger partial charge in [0.15, 0.2) is 10.1 Å². The van der Waals surface area contributed by atoms with Gasteiger partial charge in [0.25, 0.3) is 5.78 Å². The molecule has 2 N–H and O–H groups in total. The number of carbonyl (C=O) groups is 2. The van der Waals surface area contributed by atoms with Gasteiger partial charge in [0.1, 0.15) is 17.1 Å². The van der Waals surface area contributed by atoms with Crippen molar-refractivity contribution in [2.75, 3.05) is 4.90 Å². The van der Waals surface area contributed by atoms with Gasteiger partial charge >= 0.3 is 5.91 Å². The molecule has 1 unspecified atom stereocenters. The number of carbonyl (C=O) groups excluding carboxylic acids is 2. The normalized spacial score (nSPS) is 16.8. The molecule has 0 bridgehead atoms. The Morgan fingerprint density at radius 1 is 1.07 bits per heavy atom. The third kappa shape index (κ3) is 4.61. The van der Waals surface area contributed by atoms with E-state index in [1.54, 1.807) is 41.8 Å². The molecule has 9 nitrogen and oxygen atoms in total. The van der Waals surface area contributed by atoms with E-state index in [2.05, 4.69) is 15.2 Å². The molecule has 1 atom stereocenters. The lowest BCUT2D eigenvalue weighted by molar-refractivity contribution is -0.132. The van der Waals surface area contributed by atoms with E-state index in [4.69, 9.17) is 11.6 Å². The summed E-state index contributed by atoms with van der Waals surface area (Å²) in [5.74, 6) is -1.54. The van der Waals surface area contributed by atoms with Gasteiger partial charge in [0.05, 0.1) is 17.3 Å². The molecule has 4 heterocycles. The zero-order valence-corrected chi connectivity index (χ0v) is 23.2. The Balaban J connectivity index is 1.43. The molecule has 0 spiro atoms. The van der Waals surface area contributed by atoms with Crippen molar-refractivity contribution < 1.29 is 19.8 Å². The van der Waals surface area contributed by atoms with Crippen LogP contribution < -0.4 is 4.90 Å². The molecule has 0 aliphatic carbocycles. The molecule has 1 saturated heterocycles. The number of phenols is 1. The van der Waals surface area contributed by atoms with Crippen molar-refractivity contribution >= 4 is 62.9 Å². The number of anilines is 1. The number of phenolic OH excluding ortho intramolecular Hbond substituents is 1. The van der Waals surface area contributed by atoms with Crippen LogP contribution in [0.3, 0.4) is 0 Å². The van der Waals surface area contributed by atoms with Crippen LogP contribution in [-0.4, -0.2) is 41.5 Å². The molecular formula is C28H20ClN5O4S2. The number of rotatable bonds is 6. The van der Waals surface area contributed by atoms with E-state index >= 15 is 0 Å². The average Bonchev–Trinajstić information content (AvgIpc) is 3.62. The number of aliphatic hydroxyl groups is 1. The van der Waals surface area contributed by atoms with Crippen LogP contribution >= 0.6 is 34.7 Å². The number of benzene rings is 2. The van der Waals surface area contributed by atoms with Crippen molar-refractivity contribution in [3.63, 3.8) is 0 Å². The number of hydrogen-bond donors (Lipinski definition) is 2. The lowest BCUT2D eigenvalue weighted by Crippen LogP contribution is -2.29. The Morgan fingerprint density at radius 3 is 2.65 bits per heavy atom. The molecule has 1 amide bonds. The minimum Gasteiger partial charge on any atom is -0.508 e. The number of ketones is 1. The largest absolute Gasteiger partial charge is 0.508 e. The molecule has 200 valence electrons. The monoisotopic (exact) mass is 589 g/mol. The lowest BCUT2D eigenvalue weighted by Gasteiger charge is -2.22. The van der Waals surface area contributed by atoms with Crippen LogP contribution in [0.4, 0.5) is 5.13 Å². The number of halogens is 1. The molecule has 40 heavy (non-hydrogen) atoms. The Morgan fingerprint density at radius 2 is 1.88 bits per heavy atom. The van der Waals surface area contributed by atoms with Crippen LogP contribution in [0.5, 0.6) is 5.75 Å². The number of aryl methyl sites for hydroxylation is 1. The Hall–Kier alpha value is -4.19. The fourth-order valence-electron chi connectivity index (χ4n) is 4.65. The molecule has 0 radical (unpaired) electrons. The third-order valence-corrected chi connectivity index (χ3v) is 8.82. The number of aliphatic hydroxyl groups excluding tert-OH is 1. The van der Waals surface area contributed by atoms with E-state index in [0.29, 0.717) is 37.7 Å². The second-order valence-corrected chi connectivity index (χ2v) is 11.6. The number of amides is 1. The van der Waals surface area contributed by atoms with E-state index < -0.39 is 17.7 Å². The summed E-state index contributed by atoms with van der Waals surface area (Å²) in [4.78, 5) is 32.7. The first-order valence-electron chi connectivity index (χ1n) is 12.1. The summed E-state index contributed by atoms with van der Waals surface area (Å²) in [5.41, 5.74) is 2.70. The minimum atomic E-state index is -1.05. The topological polar surface area (TPSA) is 121 Å². The number of hydrogen-bond acceptors (Lipinski definition) is 9. The molecule has 6 rings (SSSR count). The number of imidazole rings is 1. The maximum Gasteiger partial charge on any atom is 0.301 e. The van der Waals surface area contributed by atoms with Crippen LogP contribution in [0.25, 0.3) is 11.4 Å². The molecular weight excluding hydrogens is 570 g/mol. The van der Waals surface area contributed by atoms with Crippen LogP contribution in [0.2, 0.25) is 5.02 Å². The predicted octanol–water partition coefficient (Wildman–Crippen LogP) is 5.77. The van der Waals surface area contributed by atoms with E-state index in [0.717, 1.165) is 16.9 Å². The number of aromatic hydroxyl groups is 1. The number of fused-ring (bicyclic) bond motifs is 1. The molecule has 3 aromatic heterocycles. The van der Waals surface area contributed by atoms with Gasteiger partial charge in [-0.15, -0.1) is 10.2 Å². The van der Waals surface area contributed by atoms with Gasteiger partial charge in [-0.05, 0) is 54.4 Å². The zero-order chi connectivity index (χ0) is 28.0. The van der Waals surface area contributed by atoms with Crippen LogP contribution in [0.15, 0.2) is 82.8 Å². The standard InChI is InChI=1S/C28H20ClN5O4S2/c1-15-22(33-12-3-2-7-20(33)30-15)24(36)21-23(17-5-4-6-19(35)13-17)34(26(38)25(21)37)27-31-32-28(40-27)39-14-16-8-10-18(29)11-9-16/h2-13,23,35-36H,14H2,1H3/b24-21+. The molecule has 12 heteroatoms. The van der Waals surface area contributed by atoms with Gasteiger partial charge in [-0.2, -0.15) is 0 Å². The quantitative estimate of drug-likeness (QED) is 0.0841. The fourth-order valence-corrected chi connectivity index (χ4v) is 6.60. The van der Waals surface area contributed by atoms with Crippen molar-refractivity contribution in [3.8, 4) is 5.75 Å². The molecule has 5 aromatic rings. The van der Waals surface area contributed by atoms with Gasteiger partial charge in [0, 0.05) is 17.0 Å². The molecule has 1 fully saturated rings. The van der Waals surface area contributed by atoms with Gasteiger partial charge in [0.2, 0.25) is 5.13 Å². The van der Waals surface area contributed by atoms with Crippen molar-refractivity contribution in [1.29, 1.82) is 0 Å². The maximum absolute atomic E-state index is 13.5. The summed E-state index contributed by atoms with van der Waals surface area (Å²) < 4.78 is 2.26. The summed E-state index contributed by atoms with van der Waals surface area (Å²) in [5, 5.41) is 31.1. The molecule has 2 aromatic carbocycles. The smallest absolute Gasteiger partial charge is 0.301 e. The first-order chi connectivity index (χ1) is 19.3. The average molecular weight is 590 g/mol. The lowest BCUT2D eigenvalue weighted by atomic mass is 9.96. The van der Waals surface area contributed by atoms with Gasteiger partial charge in [-0.3, -0.25) is 18.9 Å². The number of pyridine rings is 1. The second-order valence-electron chi connectivity index (χ2n) is 9.00. The molecule has 1 aliphatic heterocycles. The molecule has 0 saturated carbocycles. The Labute approximate surface area is 241 Å². The summed E-state index contributed by atoms with van der Waals surface area (Å²) >= 11 is 8.57. The van der Waals surface area contributed by atoms with Crippen molar-refractivity contribution in [3.05, 3.63) is 106 Å². The highest BCUT2D eigenvalue weighted by molar-refractivity contribution is 8.00. The SMILES string of the molecule is Cc1nc2ccccn2c1/C(O)=C1\C(=O)C(=O)N(c2nnc(SCc3ccc(Cl)cc3)s2)C1c1cccc(O)c1. The highest BCUT2D eigenvalue weighted by Gasteiger charge is 2.49. The van der Waals surface area contributed by atoms with E-state index in [-0.39, 0.29) is 22.2 Å². The van der Waals surface area contributed by atoms with Gasteiger partial charge in [-0.1, -0.05) is 65.0 Å². The highest BCUT2D eigenvalue weighted by atomic mass is 35.5. The minimum absolute atomic E-state index is 0.0504. The van der Waals surface area contributed by atoms with Crippen molar-refractivity contribution in [2.45, 2.75) is 23.1 Å². The summed E-state index contributed by atoms with van der Waals surface area (Å²) in [6, 6.07) is 18.0. The predicted molar refractivity (Wildman–Crippen MR) is 154 cm³/mol. The summed E-state index contributed by atoms with van der Waals surface area (Å²) in [6.07, 6.45) is 1.72. The first kappa shape index (κ1) is 26.1. The van der Waals surface area contributed by atoms with Crippen LogP contribution in [-0.2, 0) is 15.3 Å². The first-order valence-corrected chi connectivity index (χ1v) is 14.2. The summed E-state index contributed by atoms with van der Waals surface area (Å²) in [6.45, 7) is 1.72. The van der Waals surface area contributed by atoms with E-state index in [1.165, 1.54) is 28.8 Å². The van der Waals surface area contributed by atoms with E-state index in [9.17, 15) is 19.8 Å². The van der Waals surface area contributed by atoms with E-state index in [1.807, 2.05) is 30.3 Å². The zero-order valence-electron chi connectivity index (χ0n) is 20.9. The maximum atomic E-state index is 13.5. The van der Waals surface area contributed by atoms with Crippen LogP contribution in [0.1, 0.15) is 28.6 Å². The van der Waals surface area contributed by atoms with Crippen molar-refractivity contribution in [1.82, 2.24) is 19.6 Å². The number of nitrogens with zero attached hydrogens (tertiary/aromatic N) is 5. The van der Waals surface area contributed by atoms with Gasteiger partial charge < -0.3 is 10.2 Å². The Kier molecular flexibility index (Phi) is 6.78. The number of Topliss-reactive ketones (excluding diaryl/α,β-unsaturated/α-hetero) is 1. The van der Waals surface area contributed by atoms with Crippen LogP contribution in [0, 0.1) is 6.92 Å². The highest BCUT2D eigenvalue weighted by Crippen LogP contribution is 2.44. The third-order valence-electron chi connectivity index (χ3n) is 6.44. The number of aromatic nitrogens is 4. The Bertz CT molecular complexity index is 1820. The molecule has 1 aliphatic rings. The fraction of sp³-hybridized carbons (Fsp3) is 0.107. The number of thioether (sulfide) groups is 1. The second kappa shape index (κ2) is 10.4. The van der Waals surface area contributed by atoms with Crippen molar-refractivity contribution in [2.24, 2.45) is 0 Å². The van der Waals surface area contributed by atoms with Gasteiger partial charge in [-0.25, -0.2) is 4.98 Å². The summed E-state index contributed by atoms with van der Waals surface area (Å²) in [7, 11) is 0.